The summed E-state index contributed by atoms with van der Waals surface area (Å²) in [6, 6.07) is 15.0. The number of para-hydroxylation sites is 1. The second-order valence-corrected chi connectivity index (χ2v) is 5.11. The van der Waals surface area contributed by atoms with Gasteiger partial charge in [0, 0.05) is 6.54 Å². The molecule has 1 heterocycles. The molecular formula is C18H17N3O3. The lowest BCUT2D eigenvalue weighted by Crippen LogP contribution is -2.28. The van der Waals surface area contributed by atoms with Gasteiger partial charge in [0.25, 0.3) is 5.91 Å². The third-order valence-corrected chi connectivity index (χ3v) is 3.49. The summed E-state index contributed by atoms with van der Waals surface area (Å²) in [5.41, 5.74) is 1.76. The van der Waals surface area contributed by atoms with Crippen LogP contribution in [0.4, 0.5) is 0 Å². The second kappa shape index (κ2) is 7.41. The first-order chi connectivity index (χ1) is 11.8. The predicted octanol–water partition coefficient (Wildman–Crippen LogP) is 2.33. The van der Waals surface area contributed by atoms with Gasteiger partial charge in [-0.15, -0.1) is 0 Å². The summed E-state index contributed by atoms with van der Waals surface area (Å²) in [7, 11) is 1.62. The first-order valence-corrected chi connectivity index (χ1v) is 7.48. The topological polar surface area (TPSA) is 73.3 Å². The number of nitrogens with one attached hydrogen (secondary N) is 1. The van der Waals surface area contributed by atoms with Crippen molar-refractivity contribution in [1.29, 1.82) is 0 Å². The van der Waals surface area contributed by atoms with E-state index < -0.39 is 0 Å². The van der Waals surface area contributed by atoms with Crippen molar-refractivity contribution >= 4 is 16.8 Å². The van der Waals surface area contributed by atoms with Crippen LogP contribution in [0.15, 0.2) is 54.9 Å². The molecule has 3 rings (SSSR count). The number of aromatic nitrogens is 2. The average molecular weight is 323 g/mol. The molecule has 0 fully saturated rings. The molecule has 1 amide bonds. The van der Waals surface area contributed by atoms with Gasteiger partial charge in [-0.3, -0.25) is 4.79 Å². The Kier molecular flexibility index (Phi) is 4.86. The molecule has 0 atom stereocenters. The number of carbonyl (C=O) groups is 1. The summed E-state index contributed by atoms with van der Waals surface area (Å²) in [6.45, 7) is 0.327. The Morgan fingerprint density at radius 3 is 2.67 bits per heavy atom. The van der Waals surface area contributed by atoms with Crippen molar-refractivity contribution in [2.45, 2.75) is 6.54 Å². The highest BCUT2D eigenvalue weighted by Gasteiger charge is 2.07. The third kappa shape index (κ3) is 3.78. The molecule has 0 saturated carbocycles. The maximum absolute atomic E-state index is 11.9. The van der Waals surface area contributed by atoms with Crippen LogP contribution in [0.1, 0.15) is 5.56 Å². The molecule has 122 valence electrons. The van der Waals surface area contributed by atoms with Crippen molar-refractivity contribution in [2.24, 2.45) is 0 Å². The van der Waals surface area contributed by atoms with Gasteiger partial charge >= 0.3 is 0 Å². The monoisotopic (exact) mass is 323 g/mol. The smallest absolute Gasteiger partial charge is 0.258 e. The Morgan fingerprint density at radius 1 is 1.08 bits per heavy atom. The minimum Gasteiger partial charge on any atom is -0.497 e. The molecule has 0 aliphatic heterocycles. The lowest BCUT2D eigenvalue weighted by molar-refractivity contribution is -0.123. The number of benzene rings is 2. The molecule has 1 N–H and O–H groups in total. The molecule has 0 aliphatic rings. The zero-order chi connectivity index (χ0) is 16.8. The number of carbonyl (C=O) groups excluding carboxylic acids is 1. The van der Waals surface area contributed by atoms with Crippen LogP contribution in [-0.2, 0) is 11.3 Å². The molecule has 0 bridgehead atoms. The Morgan fingerprint density at radius 2 is 1.88 bits per heavy atom. The number of ether oxygens (including phenoxy) is 2. The molecule has 0 spiro atoms. The zero-order valence-corrected chi connectivity index (χ0v) is 13.2. The van der Waals surface area contributed by atoms with Crippen molar-refractivity contribution in [2.75, 3.05) is 13.7 Å². The molecule has 0 radical (unpaired) electrons. The molecule has 6 nitrogen and oxygen atoms in total. The summed E-state index contributed by atoms with van der Waals surface area (Å²) < 4.78 is 10.6. The van der Waals surface area contributed by atoms with Crippen molar-refractivity contribution in [1.82, 2.24) is 15.3 Å². The highest BCUT2D eigenvalue weighted by Crippen LogP contribution is 2.20. The van der Waals surface area contributed by atoms with Crippen LogP contribution in [0.5, 0.6) is 11.6 Å². The van der Waals surface area contributed by atoms with E-state index in [0.29, 0.717) is 12.4 Å². The first-order valence-electron chi connectivity index (χ1n) is 7.48. The quantitative estimate of drug-likeness (QED) is 0.754. The van der Waals surface area contributed by atoms with E-state index in [1.54, 1.807) is 7.11 Å². The molecular weight excluding hydrogens is 306 g/mol. The van der Waals surface area contributed by atoms with Gasteiger partial charge in [-0.05, 0) is 29.8 Å². The fourth-order valence-corrected chi connectivity index (χ4v) is 2.22. The molecule has 24 heavy (non-hydrogen) atoms. The molecule has 1 aromatic heterocycles. The zero-order valence-electron chi connectivity index (χ0n) is 13.2. The van der Waals surface area contributed by atoms with Gasteiger partial charge < -0.3 is 14.8 Å². The van der Waals surface area contributed by atoms with Gasteiger partial charge in [-0.25, -0.2) is 9.97 Å². The normalized spacial score (nSPS) is 10.4. The van der Waals surface area contributed by atoms with E-state index >= 15 is 0 Å². The lowest BCUT2D eigenvalue weighted by atomic mass is 10.2. The molecule has 2 aromatic carbocycles. The average Bonchev–Trinajstić information content (AvgIpc) is 2.65. The van der Waals surface area contributed by atoms with Crippen LogP contribution in [0.2, 0.25) is 0 Å². The van der Waals surface area contributed by atoms with E-state index in [0.717, 1.165) is 22.2 Å². The maximum atomic E-state index is 11.9. The van der Waals surface area contributed by atoms with E-state index in [-0.39, 0.29) is 12.5 Å². The number of rotatable bonds is 6. The van der Waals surface area contributed by atoms with Crippen LogP contribution in [-0.4, -0.2) is 29.6 Å². The number of fused-ring (bicyclic) bond motifs is 1. The van der Waals surface area contributed by atoms with Crippen LogP contribution in [0.3, 0.4) is 0 Å². The Labute approximate surface area is 139 Å². The van der Waals surface area contributed by atoms with Crippen molar-refractivity contribution in [3.8, 4) is 11.6 Å². The number of hydrogen-bond donors (Lipinski definition) is 1. The van der Waals surface area contributed by atoms with Crippen LogP contribution in [0.25, 0.3) is 10.9 Å². The van der Waals surface area contributed by atoms with Crippen LogP contribution >= 0.6 is 0 Å². The van der Waals surface area contributed by atoms with Crippen LogP contribution < -0.4 is 14.8 Å². The summed E-state index contributed by atoms with van der Waals surface area (Å²) in [5, 5.41) is 3.59. The van der Waals surface area contributed by atoms with Gasteiger partial charge in [0.2, 0.25) is 5.88 Å². The van der Waals surface area contributed by atoms with E-state index in [4.69, 9.17) is 9.47 Å². The van der Waals surface area contributed by atoms with E-state index in [9.17, 15) is 4.79 Å². The maximum Gasteiger partial charge on any atom is 0.258 e. The van der Waals surface area contributed by atoms with Gasteiger partial charge in [-0.1, -0.05) is 24.3 Å². The highest BCUT2D eigenvalue weighted by atomic mass is 16.5. The molecule has 0 saturated heterocycles. The second-order valence-electron chi connectivity index (χ2n) is 5.11. The van der Waals surface area contributed by atoms with Crippen molar-refractivity contribution in [3.63, 3.8) is 0 Å². The highest BCUT2D eigenvalue weighted by molar-refractivity contribution is 5.83. The SMILES string of the molecule is COc1ccc(CNC(=O)COc2ncnc3ccccc23)cc1. The predicted molar refractivity (Wildman–Crippen MR) is 89.9 cm³/mol. The van der Waals surface area contributed by atoms with E-state index in [1.165, 1.54) is 6.33 Å². The molecule has 3 aromatic rings. The van der Waals surface area contributed by atoms with Gasteiger partial charge in [-0.2, -0.15) is 0 Å². The summed E-state index contributed by atoms with van der Waals surface area (Å²) in [6.07, 6.45) is 1.42. The number of nitrogens with zero attached hydrogens (tertiary/aromatic N) is 2. The molecule has 6 heteroatoms. The lowest BCUT2D eigenvalue weighted by Gasteiger charge is -2.09. The molecule has 0 unspecified atom stereocenters. The number of hydrogen-bond acceptors (Lipinski definition) is 5. The minimum absolute atomic E-state index is 0.100. The molecule has 0 aliphatic carbocycles. The van der Waals surface area contributed by atoms with Gasteiger partial charge in [0.1, 0.15) is 12.1 Å². The van der Waals surface area contributed by atoms with Crippen molar-refractivity contribution in [3.05, 3.63) is 60.4 Å². The summed E-state index contributed by atoms with van der Waals surface area (Å²) in [4.78, 5) is 20.2. The fraction of sp³-hybridized carbons (Fsp3) is 0.167. The van der Waals surface area contributed by atoms with Gasteiger partial charge in [0.15, 0.2) is 6.61 Å². The standard InChI is InChI=1S/C18H17N3O3/c1-23-14-8-6-13(7-9-14)10-19-17(22)11-24-18-15-4-2-3-5-16(15)20-12-21-18/h2-9,12H,10-11H2,1H3,(H,19,22). The van der Waals surface area contributed by atoms with Crippen molar-refractivity contribution < 1.29 is 14.3 Å². The fourth-order valence-electron chi connectivity index (χ4n) is 2.22. The van der Waals surface area contributed by atoms with Gasteiger partial charge in [0.05, 0.1) is 18.0 Å². The summed E-state index contributed by atoms with van der Waals surface area (Å²) in [5.74, 6) is 0.970. The first kappa shape index (κ1) is 15.7. The van der Waals surface area contributed by atoms with E-state index in [2.05, 4.69) is 15.3 Å². The number of methoxy groups -OCH3 is 1. The van der Waals surface area contributed by atoms with Crippen LogP contribution in [0, 0.1) is 0 Å². The summed E-state index contributed by atoms with van der Waals surface area (Å²) >= 11 is 0. The van der Waals surface area contributed by atoms with E-state index in [1.807, 2.05) is 48.5 Å². The number of amides is 1. The minimum atomic E-state index is -0.214. The Balaban J connectivity index is 1.55. The Bertz CT molecular complexity index is 829. The third-order valence-electron chi connectivity index (χ3n) is 3.49. The largest absolute Gasteiger partial charge is 0.497 e. The Hall–Kier alpha value is -3.15.